The molecule has 0 radical (unpaired) electrons. The number of likely N-dealkylation sites (N-methyl/N-ethyl adjacent to an activating group) is 1. The molecule has 26 heavy (non-hydrogen) atoms. The first-order valence-corrected chi connectivity index (χ1v) is 10.2. The molecule has 146 valence electrons. The molecule has 1 rings (SSSR count). The Bertz CT molecular complexity index is 611. The number of amides is 2. The number of quaternary nitrogens is 1. The van der Waals surface area contributed by atoms with Crippen LogP contribution in [0.3, 0.4) is 0 Å². The number of hydrogen-bond acceptors (Lipinski definition) is 2. The summed E-state index contributed by atoms with van der Waals surface area (Å²) < 4.78 is 0.983. The molecular weight excluding hydrogens is 394 g/mol. The SMILES string of the molecule is CC[C@@H](C)N(C(=O)C[NH+](C)CC(=O)Nc1ccc(Br)cc1C)[C@H](C)CC. The average molecular weight is 427 g/mol. The van der Waals surface area contributed by atoms with Crippen LogP contribution in [0.25, 0.3) is 0 Å². The van der Waals surface area contributed by atoms with E-state index in [9.17, 15) is 9.59 Å². The van der Waals surface area contributed by atoms with Crippen molar-refractivity contribution in [2.75, 3.05) is 25.5 Å². The molecule has 1 unspecified atom stereocenters. The van der Waals surface area contributed by atoms with Crippen LogP contribution < -0.4 is 10.2 Å². The fraction of sp³-hybridized carbons (Fsp3) is 0.600. The number of hydrogen-bond donors (Lipinski definition) is 2. The Morgan fingerprint density at radius 2 is 1.73 bits per heavy atom. The van der Waals surface area contributed by atoms with Crippen LogP contribution in [0.2, 0.25) is 0 Å². The number of halogens is 1. The lowest BCUT2D eigenvalue weighted by molar-refractivity contribution is -0.862. The second-order valence-corrected chi connectivity index (χ2v) is 8.05. The summed E-state index contributed by atoms with van der Waals surface area (Å²) in [7, 11) is 1.89. The second-order valence-electron chi connectivity index (χ2n) is 7.13. The molecule has 0 saturated heterocycles. The van der Waals surface area contributed by atoms with E-state index in [-0.39, 0.29) is 30.4 Å². The van der Waals surface area contributed by atoms with Gasteiger partial charge >= 0.3 is 0 Å². The van der Waals surface area contributed by atoms with E-state index in [1.807, 2.05) is 37.1 Å². The Morgan fingerprint density at radius 1 is 1.15 bits per heavy atom. The molecule has 6 heteroatoms. The van der Waals surface area contributed by atoms with Crippen molar-refractivity contribution in [3.8, 4) is 0 Å². The minimum Gasteiger partial charge on any atom is -0.332 e. The zero-order valence-corrected chi connectivity index (χ0v) is 18.4. The molecule has 1 aromatic carbocycles. The number of anilines is 1. The average Bonchev–Trinajstić information content (AvgIpc) is 2.56. The highest BCUT2D eigenvalue weighted by Gasteiger charge is 2.26. The van der Waals surface area contributed by atoms with Gasteiger partial charge in [0.2, 0.25) is 0 Å². The van der Waals surface area contributed by atoms with Gasteiger partial charge < -0.3 is 15.1 Å². The molecule has 0 bridgehead atoms. The molecule has 2 amide bonds. The Morgan fingerprint density at radius 3 is 2.23 bits per heavy atom. The van der Waals surface area contributed by atoms with Crippen molar-refractivity contribution in [3.63, 3.8) is 0 Å². The fourth-order valence-corrected chi connectivity index (χ4v) is 3.44. The van der Waals surface area contributed by atoms with Crippen molar-refractivity contribution in [1.29, 1.82) is 0 Å². The maximum atomic E-state index is 12.8. The zero-order chi connectivity index (χ0) is 19.9. The summed E-state index contributed by atoms with van der Waals surface area (Å²) in [6.45, 7) is 10.9. The van der Waals surface area contributed by atoms with Gasteiger partial charge in [-0.25, -0.2) is 0 Å². The number of carbonyl (C=O) groups is 2. The lowest BCUT2D eigenvalue weighted by Gasteiger charge is -2.34. The van der Waals surface area contributed by atoms with E-state index < -0.39 is 0 Å². The summed E-state index contributed by atoms with van der Waals surface area (Å²) >= 11 is 3.42. The van der Waals surface area contributed by atoms with E-state index in [2.05, 4.69) is 48.9 Å². The van der Waals surface area contributed by atoms with E-state index >= 15 is 0 Å². The summed E-state index contributed by atoms with van der Waals surface area (Å²) in [4.78, 5) is 27.9. The van der Waals surface area contributed by atoms with Gasteiger partial charge in [-0.3, -0.25) is 9.59 Å². The standard InChI is InChI=1S/C20H32BrN3O2/c1-7-15(4)24(16(5)8-2)20(26)13-23(6)12-19(25)22-18-10-9-17(21)11-14(18)3/h9-11,15-16H,7-8,12-13H2,1-6H3,(H,22,25)/p+1/t15-,16-/m1/s1. The van der Waals surface area contributed by atoms with Crippen LogP contribution in [0, 0.1) is 6.92 Å². The van der Waals surface area contributed by atoms with Gasteiger partial charge in [-0.15, -0.1) is 0 Å². The fourth-order valence-electron chi connectivity index (χ4n) is 2.97. The quantitative estimate of drug-likeness (QED) is 0.637. The minimum absolute atomic E-state index is 0.0839. The molecule has 0 aliphatic carbocycles. The minimum atomic E-state index is -0.0839. The predicted molar refractivity (Wildman–Crippen MR) is 110 cm³/mol. The van der Waals surface area contributed by atoms with Crippen LogP contribution in [0.15, 0.2) is 22.7 Å². The van der Waals surface area contributed by atoms with E-state index in [0.717, 1.165) is 33.5 Å². The third kappa shape index (κ3) is 6.72. The summed E-state index contributed by atoms with van der Waals surface area (Å²) in [5.74, 6) is 0.0261. The highest BCUT2D eigenvalue weighted by atomic mass is 79.9. The third-order valence-corrected chi connectivity index (χ3v) is 5.29. The van der Waals surface area contributed by atoms with Gasteiger partial charge in [0.25, 0.3) is 11.8 Å². The Hall–Kier alpha value is -1.40. The number of nitrogens with one attached hydrogen (secondary N) is 2. The van der Waals surface area contributed by atoms with Gasteiger partial charge in [0.05, 0.1) is 7.05 Å². The van der Waals surface area contributed by atoms with Crippen LogP contribution in [-0.4, -0.2) is 48.9 Å². The van der Waals surface area contributed by atoms with Gasteiger partial charge in [0.1, 0.15) is 0 Å². The third-order valence-electron chi connectivity index (χ3n) is 4.80. The van der Waals surface area contributed by atoms with E-state index in [1.165, 1.54) is 0 Å². The molecule has 0 aliphatic heterocycles. The van der Waals surface area contributed by atoms with Crippen molar-refractivity contribution in [3.05, 3.63) is 28.2 Å². The molecule has 0 aliphatic rings. The zero-order valence-electron chi connectivity index (χ0n) is 16.9. The maximum Gasteiger partial charge on any atom is 0.279 e. The maximum absolute atomic E-state index is 12.8. The van der Waals surface area contributed by atoms with Gasteiger partial charge in [-0.2, -0.15) is 0 Å². The predicted octanol–water partition coefficient (Wildman–Crippen LogP) is 2.64. The van der Waals surface area contributed by atoms with Crippen molar-refractivity contribution in [1.82, 2.24) is 4.90 Å². The van der Waals surface area contributed by atoms with Gasteiger partial charge in [0.15, 0.2) is 13.1 Å². The summed E-state index contributed by atoms with van der Waals surface area (Å²) in [5.41, 5.74) is 1.80. The van der Waals surface area contributed by atoms with Crippen molar-refractivity contribution in [2.24, 2.45) is 0 Å². The number of carbonyl (C=O) groups excluding carboxylic acids is 2. The highest BCUT2D eigenvalue weighted by Crippen LogP contribution is 2.19. The van der Waals surface area contributed by atoms with Crippen molar-refractivity contribution >= 4 is 33.4 Å². The van der Waals surface area contributed by atoms with Crippen LogP contribution in [0.1, 0.15) is 46.1 Å². The number of rotatable bonds is 9. The number of nitrogens with zero attached hydrogens (tertiary/aromatic N) is 1. The monoisotopic (exact) mass is 426 g/mol. The van der Waals surface area contributed by atoms with Crippen molar-refractivity contribution in [2.45, 2.75) is 59.5 Å². The molecule has 0 aromatic heterocycles. The first-order valence-electron chi connectivity index (χ1n) is 9.37. The van der Waals surface area contributed by atoms with E-state index in [4.69, 9.17) is 0 Å². The topological polar surface area (TPSA) is 53.9 Å². The van der Waals surface area contributed by atoms with Crippen LogP contribution >= 0.6 is 15.9 Å². The van der Waals surface area contributed by atoms with Crippen molar-refractivity contribution < 1.29 is 14.5 Å². The molecule has 3 atom stereocenters. The normalized spacial score (nSPS) is 14.4. The van der Waals surface area contributed by atoms with E-state index in [0.29, 0.717) is 6.54 Å². The van der Waals surface area contributed by atoms with Crippen LogP contribution in [0.4, 0.5) is 5.69 Å². The number of benzene rings is 1. The lowest BCUT2D eigenvalue weighted by Crippen LogP contribution is -3.11. The van der Waals surface area contributed by atoms with Gasteiger partial charge in [-0.05, 0) is 57.4 Å². The van der Waals surface area contributed by atoms with Crippen LogP contribution in [0.5, 0.6) is 0 Å². The second kappa shape index (κ2) is 10.7. The summed E-state index contributed by atoms with van der Waals surface area (Å²) in [6, 6.07) is 6.17. The Kier molecular flexibility index (Phi) is 9.30. The molecule has 1 aromatic rings. The summed E-state index contributed by atoms with van der Waals surface area (Å²) in [6.07, 6.45) is 1.86. The van der Waals surface area contributed by atoms with Crippen LogP contribution in [-0.2, 0) is 9.59 Å². The smallest absolute Gasteiger partial charge is 0.279 e. The lowest BCUT2D eigenvalue weighted by atomic mass is 10.1. The van der Waals surface area contributed by atoms with Gasteiger partial charge in [-0.1, -0.05) is 29.8 Å². The molecule has 0 saturated carbocycles. The molecule has 0 heterocycles. The molecule has 2 N–H and O–H groups in total. The Balaban J connectivity index is 2.64. The van der Waals surface area contributed by atoms with Gasteiger partial charge in [0, 0.05) is 22.2 Å². The first-order chi connectivity index (χ1) is 12.2. The van der Waals surface area contributed by atoms with E-state index in [1.54, 1.807) is 0 Å². The molecular formula is C20H33BrN3O2+. The highest BCUT2D eigenvalue weighted by molar-refractivity contribution is 9.10. The molecule has 5 nitrogen and oxygen atoms in total. The number of aryl methyl sites for hydroxylation is 1. The Labute approximate surface area is 166 Å². The largest absolute Gasteiger partial charge is 0.332 e. The molecule has 0 spiro atoms. The summed E-state index contributed by atoms with van der Waals surface area (Å²) in [5, 5.41) is 2.93. The molecule has 0 fully saturated rings. The first kappa shape index (κ1) is 22.6.